The summed E-state index contributed by atoms with van der Waals surface area (Å²) in [6.45, 7) is 10.2. The summed E-state index contributed by atoms with van der Waals surface area (Å²) in [5.41, 5.74) is 0.235. The number of carbonyl (C=O) groups excluding carboxylic acids is 1. The second kappa shape index (κ2) is 6.79. The van der Waals surface area contributed by atoms with E-state index in [4.69, 9.17) is 12.6 Å². The maximum absolute atomic E-state index is 12.7. The summed E-state index contributed by atoms with van der Waals surface area (Å²) in [6.07, 6.45) is 0.830. The summed E-state index contributed by atoms with van der Waals surface area (Å²) < 4.78 is 5.89. The molecule has 5 heteroatoms. The average molecular weight is 329 g/mol. The molecular weight excluding hydrogens is 301 g/mol. The van der Waals surface area contributed by atoms with Crippen molar-refractivity contribution in [2.75, 3.05) is 6.54 Å². The molecule has 2 atom stereocenters. The van der Waals surface area contributed by atoms with Gasteiger partial charge in [-0.1, -0.05) is 43.6 Å². The Kier molecular flexibility index (Phi) is 5.33. The molecule has 1 heterocycles. The number of aliphatic hydroxyl groups is 1. The minimum atomic E-state index is -0.880. The minimum absolute atomic E-state index is 0.0783. The van der Waals surface area contributed by atoms with Crippen molar-refractivity contribution in [1.82, 2.24) is 4.90 Å². The van der Waals surface area contributed by atoms with Gasteiger partial charge in [0.05, 0.1) is 11.6 Å². The summed E-state index contributed by atoms with van der Waals surface area (Å²) in [4.78, 5) is 14.4. The third kappa shape index (κ3) is 4.13. The van der Waals surface area contributed by atoms with Crippen LogP contribution in [0.15, 0.2) is 24.3 Å². The van der Waals surface area contributed by atoms with Gasteiger partial charge in [-0.2, -0.15) is 0 Å². The van der Waals surface area contributed by atoms with Crippen molar-refractivity contribution in [1.29, 1.82) is 0 Å². The third-order valence-electron chi connectivity index (χ3n) is 4.97. The Morgan fingerprint density at radius 2 is 1.88 bits per heavy atom. The highest BCUT2D eigenvalue weighted by atomic mass is 16.6. The molecule has 1 aromatic carbocycles. The van der Waals surface area contributed by atoms with Crippen LogP contribution in [0.2, 0.25) is 0 Å². The van der Waals surface area contributed by atoms with E-state index in [1.165, 1.54) is 0 Å². The van der Waals surface area contributed by atoms with E-state index in [0.29, 0.717) is 24.8 Å². The van der Waals surface area contributed by atoms with E-state index in [0.717, 1.165) is 5.56 Å². The molecule has 0 bridgehead atoms. The highest BCUT2D eigenvalue weighted by Gasteiger charge is 2.47. The molecule has 1 aliphatic rings. The van der Waals surface area contributed by atoms with Crippen molar-refractivity contribution in [3.8, 4) is 0 Å². The Balaban J connectivity index is 2.16. The lowest BCUT2D eigenvalue weighted by atomic mass is 9.77. The smallest absolute Gasteiger partial charge is 0.410 e. The Hall–Kier alpha value is -1.49. The zero-order chi connectivity index (χ0) is 18.1. The first-order valence-electron chi connectivity index (χ1n) is 8.61. The van der Waals surface area contributed by atoms with Crippen LogP contribution in [0.4, 0.5) is 4.79 Å². The number of cyclic esters (lactones) is 1. The normalized spacial score (nSPS) is 23.3. The monoisotopic (exact) mass is 329 g/mol. The van der Waals surface area contributed by atoms with E-state index in [9.17, 15) is 9.90 Å². The van der Waals surface area contributed by atoms with Gasteiger partial charge in [0.2, 0.25) is 0 Å². The van der Waals surface area contributed by atoms with Gasteiger partial charge < -0.3 is 14.7 Å². The van der Waals surface area contributed by atoms with Crippen LogP contribution >= 0.6 is 0 Å². The lowest BCUT2D eigenvalue weighted by Gasteiger charge is -2.47. The predicted molar refractivity (Wildman–Crippen MR) is 96.5 cm³/mol. The maximum Gasteiger partial charge on any atom is 0.410 e. The van der Waals surface area contributed by atoms with Gasteiger partial charge in [-0.05, 0) is 32.3 Å². The molecule has 1 aliphatic heterocycles. The van der Waals surface area contributed by atoms with Crippen LogP contribution in [-0.2, 0) is 4.74 Å². The summed E-state index contributed by atoms with van der Waals surface area (Å²) in [5, 5.41) is 10.2. The number of benzene rings is 1. The largest absolute Gasteiger partial charge is 0.442 e. The van der Waals surface area contributed by atoms with Gasteiger partial charge in [0, 0.05) is 19.4 Å². The lowest BCUT2D eigenvalue weighted by Crippen LogP contribution is -2.55. The number of nitrogens with zero attached hydrogens (tertiary/aromatic N) is 1. The lowest BCUT2D eigenvalue weighted by molar-refractivity contribution is -0.119. The topological polar surface area (TPSA) is 49.8 Å². The summed E-state index contributed by atoms with van der Waals surface area (Å²) >= 11 is 0. The van der Waals surface area contributed by atoms with E-state index < -0.39 is 11.2 Å². The summed E-state index contributed by atoms with van der Waals surface area (Å²) in [7, 11) is 5.73. The van der Waals surface area contributed by atoms with Crippen molar-refractivity contribution >= 4 is 19.4 Å². The first-order valence-corrected chi connectivity index (χ1v) is 8.61. The van der Waals surface area contributed by atoms with Gasteiger partial charge in [-0.25, -0.2) is 4.79 Å². The molecular formula is C19H28BNO3. The molecule has 1 saturated heterocycles. The van der Waals surface area contributed by atoms with E-state index in [1.54, 1.807) is 18.7 Å². The van der Waals surface area contributed by atoms with Crippen LogP contribution < -0.4 is 5.46 Å². The Morgan fingerprint density at radius 1 is 1.29 bits per heavy atom. The van der Waals surface area contributed by atoms with E-state index in [-0.39, 0.29) is 18.1 Å². The molecule has 0 spiro atoms. The Morgan fingerprint density at radius 3 is 2.33 bits per heavy atom. The first kappa shape index (κ1) is 18.8. The Bertz CT molecular complexity index is 579. The van der Waals surface area contributed by atoms with Gasteiger partial charge >= 0.3 is 6.09 Å². The van der Waals surface area contributed by atoms with Crippen LogP contribution in [0.1, 0.15) is 59.1 Å². The second-order valence-corrected chi connectivity index (χ2v) is 7.86. The van der Waals surface area contributed by atoms with E-state index in [1.807, 2.05) is 45.0 Å². The fourth-order valence-corrected chi connectivity index (χ4v) is 3.46. The molecule has 1 unspecified atom stereocenters. The number of hydrogen-bond acceptors (Lipinski definition) is 3. The van der Waals surface area contributed by atoms with Gasteiger partial charge in [-0.3, -0.25) is 0 Å². The summed E-state index contributed by atoms with van der Waals surface area (Å²) in [5.74, 6) is 0.141. The van der Waals surface area contributed by atoms with E-state index >= 15 is 0 Å². The zero-order valence-electron chi connectivity index (χ0n) is 15.4. The molecule has 1 aromatic rings. The van der Waals surface area contributed by atoms with Crippen molar-refractivity contribution in [2.45, 2.75) is 64.7 Å². The van der Waals surface area contributed by atoms with Crippen molar-refractivity contribution < 1.29 is 14.6 Å². The van der Waals surface area contributed by atoms with Crippen molar-refractivity contribution in [3.63, 3.8) is 0 Å². The molecule has 0 aromatic heterocycles. The highest BCUT2D eigenvalue weighted by molar-refractivity contribution is 6.32. The number of carbonyl (C=O) groups is 1. The second-order valence-electron chi connectivity index (χ2n) is 7.86. The van der Waals surface area contributed by atoms with Crippen LogP contribution in [0.3, 0.4) is 0 Å². The Labute approximate surface area is 146 Å². The molecule has 1 fully saturated rings. The van der Waals surface area contributed by atoms with Crippen molar-refractivity contribution in [2.24, 2.45) is 5.92 Å². The number of amides is 1. The molecule has 24 heavy (non-hydrogen) atoms. The van der Waals surface area contributed by atoms with Gasteiger partial charge in [0.1, 0.15) is 13.4 Å². The van der Waals surface area contributed by atoms with Crippen LogP contribution in [0, 0.1) is 5.92 Å². The fourth-order valence-electron chi connectivity index (χ4n) is 3.46. The number of ether oxygens (including phenoxy) is 1. The predicted octanol–water partition coefficient (Wildman–Crippen LogP) is 2.94. The van der Waals surface area contributed by atoms with E-state index in [2.05, 4.69) is 0 Å². The van der Waals surface area contributed by atoms with Crippen molar-refractivity contribution in [3.05, 3.63) is 29.8 Å². The van der Waals surface area contributed by atoms with Gasteiger partial charge in [0.15, 0.2) is 0 Å². The van der Waals surface area contributed by atoms with Crippen LogP contribution in [0.5, 0.6) is 0 Å². The number of hydrogen-bond donors (Lipinski definition) is 1. The molecule has 1 N–H and O–H groups in total. The third-order valence-corrected chi connectivity index (χ3v) is 4.97. The fraction of sp³-hybridized carbons (Fsp3) is 0.632. The van der Waals surface area contributed by atoms with Crippen LogP contribution in [0.25, 0.3) is 0 Å². The zero-order valence-corrected chi connectivity index (χ0v) is 15.4. The molecule has 1 amide bonds. The summed E-state index contributed by atoms with van der Waals surface area (Å²) in [6, 6.07) is 7.48. The SMILES string of the molecule is [B]c1ccc([C@H](C)N2CCC(CC(C)(C)O)(C(C)C)OC2=O)cc1. The first-order chi connectivity index (χ1) is 11.0. The minimum Gasteiger partial charge on any atom is -0.442 e. The highest BCUT2D eigenvalue weighted by Crippen LogP contribution is 2.39. The van der Waals surface area contributed by atoms with Gasteiger partial charge in [0.25, 0.3) is 0 Å². The maximum atomic E-state index is 12.7. The average Bonchev–Trinajstić information content (AvgIpc) is 2.45. The standard InChI is InChI=1S/C19H28BNO3/c1-13(2)19(12-18(4,5)23)10-11-21(17(22)24-19)14(3)15-6-8-16(20)9-7-15/h6-9,13-14,23H,10-12H2,1-5H3/t14-,19?/m0/s1. The molecule has 2 radical (unpaired) electrons. The quantitative estimate of drug-likeness (QED) is 0.845. The molecule has 2 rings (SSSR count). The van der Waals surface area contributed by atoms with Crippen LogP contribution in [-0.4, -0.2) is 41.7 Å². The van der Waals surface area contributed by atoms with Gasteiger partial charge in [-0.15, -0.1) is 0 Å². The molecule has 130 valence electrons. The molecule has 4 nitrogen and oxygen atoms in total. The molecule has 0 aliphatic carbocycles. The number of rotatable bonds is 5. The molecule has 0 saturated carbocycles.